The van der Waals surface area contributed by atoms with Gasteiger partial charge in [-0.1, -0.05) is 30.3 Å². The molecule has 0 saturated carbocycles. The van der Waals surface area contributed by atoms with E-state index >= 15 is 0 Å². The van der Waals surface area contributed by atoms with E-state index in [1.807, 2.05) is 0 Å². The highest BCUT2D eigenvalue weighted by molar-refractivity contribution is 5.14. The van der Waals surface area contributed by atoms with Gasteiger partial charge in [-0.2, -0.15) is 0 Å². The molecule has 0 N–H and O–H groups in total. The van der Waals surface area contributed by atoms with Crippen LogP contribution in [0, 0.1) is 5.41 Å². The number of hydrogen-bond donors (Lipinski definition) is 0. The molecule has 3 aliphatic rings. The van der Waals surface area contributed by atoms with Gasteiger partial charge in [0.15, 0.2) is 0 Å². The molecule has 4 rings (SSSR count). The zero-order valence-corrected chi connectivity index (χ0v) is 16.2. The van der Waals surface area contributed by atoms with Gasteiger partial charge in [0.25, 0.3) is 0 Å². The van der Waals surface area contributed by atoms with Crippen LogP contribution in [-0.4, -0.2) is 80.3 Å². The number of rotatable bonds is 5. The number of hydrogen-bond acceptors (Lipinski definition) is 4. The smallest absolute Gasteiger partial charge is 0.0471 e. The lowest BCUT2D eigenvalue weighted by Gasteiger charge is -2.45. The average Bonchev–Trinajstić information content (AvgIpc) is 2.69. The molecule has 26 heavy (non-hydrogen) atoms. The first kappa shape index (κ1) is 18.4. The van der Waals surface area contributed by atoms with E-state index < -0.39 is 0 Å². The normalized spacial score (nSPS) is 25.5. The van der Waals surface area contributed by atoms with Gasteiger partial charge in [-0.3, -0.25) is 9.80 Å². The molecule has 3 heterocycles. The van der Waals surface area contributed by atoms with Crippen molar-refractivity contribution in [2.45, 2.75) is 32.2 Å². The molecule has 1 aromatic rings. The van der Waals surface area contributed by atoms with Crippen LogP contribution in [0.3, 0.4) is 0 Å². The van der Waals surface area contributed by atoms with Crippen LogP contribution in [0.1, 0.15) is 31.2 Å². The monoisotopic (exact) mass is 357 g/mol. The van der Waals surface area contributed by atoms with Gasteiger partial charge in [0.05, 0.1) is 0 Å². The number of ether oxygens (including phenoxy) is 1. The second kappa shape index (κ2) is 8.83. The minimum absolute atomic E-state index is 0.574. The third-order valence-electron chi connectivity index (χ3n) is 6.74. The SMILES string of the molecule is c1ccc(CN2CCN(CCN3CCCC4(CCOCC4)C3)CC2)cc1. The van der Waals surface area contributed by atoms with Crippen molar-refractivity contribution >= 4 is 0 Å². The Balaban J connectivity index is 1.18. The molecule has 3 aliphatic heterocycles. The maximum atomic E-state index is 5.61. The summed E-state index contributed by atoms with van der Waals surface area (Å²) < 4.78 is 5.61. The number of piperazine rings is 1. The molecule has 4 nitrogen and oxygen atoms in total. The molecule has 4 heteroatoms. The van der Waals surface area contributed by atoms with Gasteiger partial charge in [-0.15, -0.1) is 0 Å². The first-order valence-corrected chi connectivity index (χ1v) is 10.6. The van der Waals surface area contributed by atoms with E-state index in [-0.39, 0.29) is 0 Å². The first-order chi connectivity index (χ1) is 12.8. The van der Waals surface area contributed by atoms with Crippen molar-refractivity contribution in [3.05, 3.63) is 35.9 Å². The van der Waals surface area contributed by atoms with E-state index in [1.54, 1.807) is 0 Å². The molecule has 0 unspecified atom stereocenters. The number of benzene rings is 1. The van der Waals surface area contributed by atoms with Gasteiger partial charge in [0.1, 0.15) is 0 Å². The predicted octanol–water partition coefficient (Wildman–Crippen LogP) is 2.70. The van der Waals surface area contributed by atoms with Crippen molar-refractivity contribution in [1.82, 2.24) is 14.7 Å². The first-order valence-electron chi connectivity index (χ1n) is 10.6. The summed E-state index contributed by atoms with van der Waals surface area (Å²) in [6.07, 6.45) is 5.36. The van der Waals surface area contributed by atoms with Gasteiger partial charge in [-0.25, -0.2) is 0 Å². The fourth-order valence-electron chi connectivity index (χ4n) is 5.01. The molecule has 0 bridgehead atoms. The maximum Gasteiger partial charge on any atom is 0.0471 e. The van der Waals surface area contributed by atoms with Gasteiger partial charge in [-0.05, 0) is 43.2 Å². The molecule has 0 aliphatic carbocycles. The van der Waals surface area contributed by atoms with E-state index in [9.17, 15) is 0 Å². The van der Waals surface area contributed by atoms with Crippen molar-refractivity contribution in [2.24, 2.45) is 5.41 Å². The number of piperidine rings is 1. The lowest BCUT2D eigenvalue weighted by Crippen LogP contribution is -2.51. The fourth-order valence-corrected chi connectivity index (χ4v) is 5.01. The molecule has 1 aromatic carbocycles. The Kier molecular flexibility index (Phi) is 6.26. The van der Waals surface area contributed by atoms with Crippen molar-refractivity contribution in [2.75, 3.05) is 65.6 Å². The quantitative estimate of drug-likeness (QED) is 0.806. The molecule has 3 fully saturated rings. The highest BCUT2D eigenvalue weighted by Crippen LogP contribution is 2.38. The Hall–Kier alpha value is -0.940. The summed E-state index contributed by atoms with van der Waals surface area (Å²) in [6, 6.07) is 10.9. The second-order valence-electron chi connectivity index (χ2n) is 8.60. The molecule has 1 spiro atoms. The Morgan fingerprint density at radius 2 is 1.46 bits per heavy atom. The van der Waals surface area contributed by atoms with Crippen molar-refractivity contribution in [3.8, 4) is 0 Å². The molecule has 144 valence electrons. The maximum absolute atomic E-state index is 5.61. The minimum Gasteiger partial charge on any atom is -0.381 e. The number of nitrogens with zero attached hydrogens (tertiary/aromatic N) is 3. The van der Waals surface area contributed by atoms with Gasteiger partial charge in [0, 0.05) is 65.6 Å². The molecule has 0 atom stereocenters. The number of likely N-dealkylation sites (tertiary alicyclic amines) is 1. The van der Waals surface area contributed by atoms with E-state index in [4.69, 9.17) is 4.74 Å². The van der Waals surface area contributed by atoms with Crippen LogP contribution in [0.5, 0.6) is 0 Å². The van der Waals surface area contributed by atoms with Crippen LogP contribution in [0.15, 0.2) is 30.3 Å². The lowest BCUT2D eigenvalue weighted by molar-refractivity contribution is -0.0293. The summed E-state index contributed by atoms with van der Waals surface area (Å²) in [5.74, 6) is 0. The highest BCUT2D eigenvalue weighted by Gasteiger charge is 2.36. The van der Waals surface area contributed by atoms with E-state index in [0.29, 0.717) is 5.41 Å². The van der Waals surface area contributed by atoms with Crippen LogP contribution in [0.25, 0.3) is 0 Å². The minimum atomic E-state index is 0.574. The fraction of sp³-hybridized carbons (Fsp3) is 0.727. The Morgan fingerprint density at radius 1 is 0.769 bits per heavy atom. The van der Waals surface area contributed by atoms with Crippen LogP contribution in [-0.2, 0) is 11.3 Å². The van der Waals surface area contributed by atoms with Crippen molar-refractivity contribution in [1.29, 1.82) is 0 Å². The lowest BCUT2D eigenvalue weighted by atomic mass is 9.74. The van der Waals surface area contributed by atoms with Crippen molar-refractivity contribution in [3.63, 3.8) is 0 Å². The third kappa shape index (κ3) is 4.86. The molecule has 0 amide bonds. The molecule has 3 saturated heterocycles. The topological polar surface area (TPSA) is 19.0 Å². The second-order valence-corrected chi connectivity index (χ2v) is 8.60. The summed E-state index contributed by atoms with van der Waals surface area (Å²) in [5, 5.41) is 0. The molecule has 0 radical (unpaired) electrons. The van der Waals surface area contributed by atoms with Gasteiger partial charge >= 0.3 is 0 Å². The summed E-state index contributed by atoms with van der Waals surface area (Å²) in [5.41, 5.74) is 2.02. The predicted molar refractivity (Wildman–Crippen MR) is 106 cm³/mol. The van der Waals surface area contributed by atoms with Crippen LogP contribution in [0.4, 0.5) is 0 Å². The zero-order chi connectivity index (χ0) is 17.7. The zero-order valence-electron chi connectivity index (χ0n) is 16.2. The van der Waals surface area contributed by atoms with Gasteiger partial charge in [0.2, 0.25) is 0 Å². The molecule has 0 aromatic heterocycles. The summed E-state index contributed by atoms with van der Waals surface area (Å²) in [6.45, 7) is 13.0. The van der Waals surface area contributed by atoms with Gasteiger partial charge < -0.3 is 9.64 Å². The standard InChI is InChI=1S/C22H35N3O/c1-2-5-21(6-3-1)19-24-14-11-23(12-15-24)13-16-25-10-4-7-22(20-25)8-17-26-18-9-22/h1-3,5-6H,4,7-20H2. The van der Waals surface area contributed by atoms with Crippen molar-refractivity contribution < 1.29 is 4.74 Å². The van der Waals surface area contributed by atoms with Crippen LogP contribution in [0.2, 0.25) is 0 Å². The Labute approximate surface area is 159 Å². The average molecular weight is 358 g/mol. The highest BCUT2D eigenvalue weighted by atomic mass is 16.5. The summed E-state index contributed by atoms with van der Waals surface area (Å²) >= 11 is 0. The van der Waals surface area contributed by atoms with E-state index in [2.05, 4.69) is 45.0 Å². The Bertz CT molecular complexity index is 530. The largest absolute Gasteiger partial charge is 0.381 e. The third-order valence-corrected chi connectivity index (χ3v) is 6.74. The molecular weight excluding hydrogens is 322 g/mol. The Morgan fingerprint density at radius 3 is 2.23 bits per heavy atom. The van der Waals surface area contributed by atoms with Crippen LogP contribution >= 0.6 is 0 Å². The van der Waals surface area contributed by atoms with E-state index in [1.165, 1.54) is 83.6 Å². The summed E-state index contributed by atoms with van der Waals surface area (Å²) in [7, 11) is 0. The van der Waals surface area contributed by atoms with E-state index in [0.717, 1.165) is 19.8 Å². The summed E-state index contributed by atoms with van der Waals surface area (Å²) in [4.78, 5) is 8.02. The van der Waals surface area contributed by atoms with Crippen LogP contribution < -0.4 is 0 Å². The molecular formula is C22H35N3O.